The number of hydrogen-bond donors (Lipinski definition) is 2. The molecule has 4 heteroatoms. The van der Waals surface area contributed by atoms with Crippen molar-refractivity contribution in [2.45, 2.75) is 82.7 Å². The van der Waals surface area contributed by atoms with Gasteiger partial charge in [-0.15, -0.1) is 12.4 Å². The third-order valence-corrected chi connectivity index (χ3v) is 5.99. The second-order valence-corrected chi connectivity index (χ2v) is 7.72. The zero-order valence-electron chi connectivity index (χ0n) is 13.3. The highest BCUT2D eigenvalue weighted by Crippen LogP contribution is 2.44. The lowest BCUT2D eigenvalue weighted by Crippen LogP contribution is -2.53. The zero-order chi connectivity index (χ0) is 14.2. The van der Waals surface area contributed by atoms with E-state index in [1.807, 2.05) is 0 Å². The van der Waals surface area contributed by atoms with Crippen molar-refractivity contribution < 1.29 is 4.79 Å². The second kappa shape index (κ2) is 6.87. The van der Waals surface area contributed by atoms with Gasteiger partial charge in [0.15, 0.2) is 0 Å². The van der Waals surface area contributed by atoms with E-state index in [0.717, 1.165) is 31.1 Å². The van der Waals surface area contributed by atoms with Gasteiger partial charge in [0.05, 0.1) is 5.92 Å². The quantitative estimate of drug-likeness (QED) is 0.839. The van der Waals surface area contributed by atoms with E-state index in [2.05, 4.69) is 12.2 Å². The van der Waals surface area contributed by atoms with E-state index >= 15 is 0 Å². The highest BCUT2D eigenvalue weighted by Gasteiger charge is 2.46. The highest BCUT2D eigenvalue weighted by molar-refractivity contribution is 5.85. The van der Waals surface area contributed by atoms with Crippen LogP contribution in [-0.2, 0) is 4.79 Å². The van der Waals surface area contributed by atoms with Gasteiger partial charge in [-0.05, 0) is 38.0 Å². The molecule has 0 spiro atoms. The lowest BCUT2D eigenvalue weighted by atomic mass is 9.74. The SMILES string of the molecule is CC1(N)CCCCC1C(=O)NC1CC1C1CCCCC1.Cl. The summed E-state index contributed by atoms with van der Waals surface area (Å²) < 4.78 is 0. The van der Waals surface area contributed by atoms with Crippen LogP contribution < -0.4 is 11.1 Å². The average molecular weight is 315 g/mol. The zero-order valence-corrected chi connectivity index (χ0v) is 14.1. The molecule has 3 aliphatic rings. The molecule has 3 rings (SSSR count). The Hall–Kier alpha value is -0.280. The Morgan fingerprint density at radius 3 is 2.43 bits per heavy atom. The van der Waals surface area contributed by atoms with Crippen LogP contribution in [0.2, 0.25) is 0 Å². The maximum Gasteiger partial charge on any atom is 0.225 e. The van der Waals surface area contributed by atoms with E-state index in [1.165, 1.54) is 44.9 Å². The molecular formula is C17H31ClN2O. The summed E-state index contributed by atoms with van der Waals surface area (Å²) in [4.78, 5) is 12.5. The Labute approximate surface area is 135 Å². The fourth-order valence-electron chi connectivity index (χ4n) is 4.54. The first-order chi connectivity index (χ1) is 9.58. The number of rotatable bonds is 3. The summed E-state index contributed by atoms with van der Waals surface area (Å²) in [5.74, 6) is 1.92. The molecule has 122 valence electrons. The molecule has 0 aromatic rings. The summed E-state index contributed by atoms with van der Waals surface area (Å²) in [6, 6.07) is 0.461. The van der Waals surface area contributed by atoms with E-state index in [1.54, 1.807) is 0 Å². The molecule has 3 nitrogen and oxygen atoms in total. The molecule has 0 saturated heterocycles. The maximum absolute atomic E-state index is 12.5. The van der Waals surface area contributed by atoms with E-state index in [0.29, 0.717) is 6.04 Å². The van der Waals surface area contributed by atoms with E-state index < -0.39 is 0 Å². The van der Waals surface area contributed by atoms with Crippen LogP contribution in [0.15, 0.2) is 0 Å². The van der Waals surface area contributed by atoms with Gasteiger partial charge in [-0.1, -0.05) is 44.9 Å². The normalized spacial score (nSPS) is 40.2. The van der Waals surface area contributed by atoms with Gasteiger partial charge in [0.1, 0.15) is 0 Å². The molecule has 0 radical (unpaired) electrons. The van der Waals surface area contributed by atoms with Crippen molar-refractivity contribution in [2.75, 3.05) is 0 Å². The predicted molar refractivity (Wildman–Crippen MR) is 88.4 cm³/mol. The van der Waals surface area contributed by atoms with Crippen molar-refractivity contribution in [3.05, 3.63) is 0 Å². The van der Waals surface area contributed by atoms with Crippen LogP contribution in [0.25, 0.3) is 0 Å². The third-order valence-electron chi connectivity index (χ3n) is 5.99. The first kappa shape index (κ1) is 17.1. The maximum atomic E-state index is 12.5. The number of hydrogen-bond acceptors (Lipinski definition) is 2. The first-order valence-corrected chi connectivity index (χ1v) is 8.67. The smallest absolute Gasteiger partial charge is 0.225 e. The molecule has 4 atom stereocenters. The lowest BCUT2D eigenvalue weighted by molar-refractivity contribution is -0.128. The van der Waals surface area contributed by atoms with Crippen LogP contribution in [0.1, 0.15) is 71.1 Å². The fourth-order valence-corrected chi connectivity index (χ4v) is 4.54. The van der Waals surface area contributed by atoms with Gasteiger partial charge in [-0.2, -0.15) is 0 Å². The van der Waals surface area contributed by atoms with Gasteiger partial charge in [-0.3, -0.25) is 4.79 Å². The van der Waals surface area contributed by atoms with Gasteiger partial charge >= 0.3 is 0 Å². The van der Waals surface area contributed by atoms with Crippen molar-refractivity contribution in [3.8, 4) is 0 Å². The first-order valence-electron chi connectivity index (χ1n) is 8.67. The van der Waals surface area contributed by atoms with Gasteiger partial charge in [-0.25, -0.2) is 0 Å². The Kier molecular flexibility index (Phi) is 5.59. The topological polar surface area (TPSA) is 55.1 Å². The summed E-state index contributed by atoms with van der Waals surface area (Å²) in [6.07, 6.45) is 12.5. The molecule has 3 fully saturated rings. The second-order valence-electron chi connectivity index (χ2n) is 7.72. The van der Waals surface area contributed by atoms with Gasteiger partial charge in [0, 0.05) is 11.6 Å². The molecule has 0 bridgehead atoms. The Balaban J connectivity index is 0.00000161. The number of nitrogens with one attached hydrogen (secondary N) is 1. The van der Waals surface area contributed by atoms with Crippen LogP contribution in [0.5, 0.6) is 0 Å². The largest absolute Gasteiger partial charge is 0.353 e. The summed E-state index contributed by atoms with van der Waals surface area (Å²) >= 11 is 0. The minimum Gasteiger partial charge on any atom is -0.353 e. The van der Waals surface area contributed by atoms with Crippen molar-refractivity contribution in [1.29, 1.82) is 0 Å². The molecule has 3 saturated carbocycles. The summed E-state index contributed by atoms with van der Waals surface area (Å²) in [7, 11) is 0. The molecule has 1 amide bonds. The summed E-state index contributed by atoms with van der Waals surface area (Å²) in [6.45, 7) is 2.06. The number of carbonyl (C=O) groups excluding carboxylic acids is 1. The predicted octanol–water partition coefficient (Wildman–Crippen LogP) is 3.40. The molecule has 0 aromatic carbocycles. The summed E-state index contributed by atoms with van der Waals surface area (Å²) in [5.41, 5.74) is 6.04. The Morgan fingerprint density at radius 2 is 1.76 bits per heavy atom. The van der Waals surface area contributed by atoms with Gasteiger partial charge in [0.2, 0.25) is 5.91 Å². The Bertz CT molecular complexity index is 366. The molecule has 0 aliphatic heterocycles. The van der Waals surface area contributed by atoms with E-state index in [4.69, 9.17) is 5.73 Å². The molecule has 3 aliphatic carbocycles. The molecular weight excluding hydrogens is 284 g/mol. The fraction of sp³-hybridized carbons (Fsp3) is 0.941. The number of carbonyl (C=O) groups is 1. The minimum absolute atomic E-state index is 0. The summed E-state index contributed by atoms with van der Waals surface area (Å²) in [5, 5.41) is 3.31. The number of nitrogens with two attached hydrogens (primary N) is 1. The minimum atomic E-state index is -0.294. The van der Waals surface area contributed by atoms with Crippen molar-refractivity contribution in [1.82, 2.24) is 5.32 Å². The standard InChI is InChI=1S/C17H30N2O.ClH/c1-17(18)10-6-5-9-14(17)16(20)19-15-11-13(15)12-7-3-2-4-8-12;/h12-15H,2-11,18H2,1H3,(H,19,20);1H. The average Bonchev–Trinajstić information content (AvgIpc) is 3.18. The molecule has 3 N–H and O–H groups in total. The monoisotopic (exact) mass is 314 g/mol. The van der Waals surface area contributed by atoms with E-state index in [9.17, 15) is 4.79 Å². The van der Waals surface area contributed by atoms with Crippen LogP contribution >= 0.6 is 12.4 Å². The number of amides is 1. The molecule has 0 heterocycles. The van der Waals surface area contributed by atoms with Gasteiger partial charge in [0.25, 0.3) is 0 Å². The third kappa shape index (κ3) is 3.92. The van der Waals surface area contributed by atoms with Crippen LogP contribution in [0.3, 0.4) is 0 Å². The van der Waals surface area contributed by atoms with Crippen molar-refractivity contribution in [2.24, 2.45) is 23.5 Å². The molecule has 21 heavy (non-hydrogen) atoms. The Morgan fingerprint density at radius 1 is 1.10 bits per heavy atom. The van der Waals surface area contributed by atoms with Crippen molar-refractivity contribution in [3.63, 3.8) is 0 Å². The van der Waals surface area contributed by atoms with Gasteiger partial charge < -0.3 is 11.1 Å². The van der Waals surface area contributed by atoms with E-state index in [-0.39, 0.29) is 29.8 Å². The van der Waals surface area contributed by atoms with Crippen molar-refractivity contribution >= 4 is 18.3 Å². The van der Waals surface area contributed by atoms with Crippen LogP contribution in [0.4, 0.5) is 0 Å². The van der Waals surface area contributed by atoms with Crippen LogP contribution in [-0.4, -0.2) is 17.5 Å². The molecule has 4 unspecified atom stereocenters. The van der Waals surface area contributed by atoms with Crippen LogP contribution in [0, 0.1) is 17.8 Å². The lowest BCUT2D eigenvalue weighted by Gasteiger charge is -2.37. The highest BCUT2D eigenvalue weighted by atomic mass is 35.5. The molecule has 0 aromatic heterocycles. The number of halogens is 1.